The molecule has 0 aliphatic carbocycles. The van der Waals surface area contributed by atoms with Crippen LogP contribution in [0.25, 0.3) is 0 Å². The van der Waals surface area contributed by atoms with Crippen molar-refractivity contribution in [2.24, 2.45) is 0 Å². The number of urea groups is 1. The molecular weight excluding hydrogens is 322 g/mol. The smallest absolute Gasteiger partial charge is 0.307 e. The van der Waals surface area contributed by atoms with Crippen molar-refractivity contribution < 1.29 is 9.72 Å². The number of nitro groups is 1. The van der Waals surface area contributed by atoms with Gasteiger partial charge in [0.25, 0.3) is 5.69 Å². The van der Waals surface area contributed by atoms with Crippen LogP contribution in [0.2, 0.25) is 0 Å². The lowest BCUT2D eigenvalue weighted by Gasteiger charge is -2.22. The van der Waals surface area contributed by atoms with E-state index in [0.717, 1.165) is 0 Å². The van der Waals surface area contributed by atoms with Crippen molar-refractivity contribution in [2.45, 2.75) is 0 Å². The maximum absolute atomic E-state index is 12.8. The molecule has 1 heterocycles. The summed E-state index contributed by atoms with van der Waals surface area (Å²) >= 11 is 0. The van der Waals surface area contributed by atoms with Gasteiger partial charge in [-0.05, 0) is 24.3 Å². The van der Waals surface area contributed by atoms with Crippen molar-refractivity contribution in [1.82, 2.24) is 9.97 Å². The van der Waals surface area contributed by atoms with Crippen LogP contribution < -0.4 is 10.2 Å². The number of non-ortho nitro benzene ring substituents is 1. The van der Waals surface area contributed by atoms with E-state index in [1.54, 1.807) is 12.1 Å². The second-order valence-corrected chi connectivity index (χ2v) is 5.00. The maximum atomic E-state index is 12.8. The van der Waals surface area contributed by atoms with E-state index >= 15 is 0 Å². The molecule has 0 bridgehead atoms. The van der Waals surface area contributed by atoms with Crippen LogP contribution in [0.4, 0.5) is 27.5 Å². The summed E-state index contributed by atoms with van der Waals surface area (Å²) in [6, 6.07) is 14.2. The van der Waals surface area contributed by atoms with Gasteiger partial charge in [-0.3, -0.25) is 15.0 Å². The molecule has 0 fully saturated rings. The van der Waals surface area contributed by atoms with Crippen LogP contribution in [0.3, 0.4) is 0 Å². The molecule has 8 nitrogen and oxygen atoms in total. The highest BCUT2D eigenvalue weighted by Gasteiger charge is 2.19. The second kappa shape index (κ2) is 7.18. The predicted octanol–water partition coefficient (Wildman–Crippen LogP) is 3.76. The van der Waals surface area contributed by atoms with Crippen molar-refractivity contribution in [1.29, 1.82) is 0 Å². The van der Waals surface area contributed by atoms with Crippen LogP contribution in [0.15, 0.2) is 73.3 Å². The summed E-state index contributed by atoms with van der Waals surface area (Å²) in [4.78, 5) is 32.3. The monoisotopic (exact) mass is 335 g/mol. The van der Waals surface area contributed by atoms with E-state index in [2.05, 4.69) is 15.3 Å². The molecule has 1 N–H and O–H groups in total. The van der Waals surface area contributed by atoms with E-state index in [9.17, 15) is 14.9 Å². The molecule has 8 heteroatoms. The standard InChI is InChI=1S/C17H13N5O3/c23-17(20-13-6-8-15(9-7-13)22(24)25)21(14-4-2-1-3-5-14)16-10-18-12-19-11-16/h1-12H,(H,20,23). The molecule has 3 rings (SSSR count). The first kappa shape index (κ1) is 16.1. The number of aromatic nitrogens is 2. The van der Waals surface area contributed by atoms with E-state index in [0.29, 0.717) is 17.1 Å². The molecule has 1 aromatic heterocycles. The number of rotatable bonds is 4. The van der Waals surface area contributed by atoms with Crippen LogP contribution in [0.1, 0.15) is 0 Å². The summed E-state index contributed by atoms with van der Waals surface area (Å²) in [5.74, 6) is 0. The third-order valence-corrected chi connectivity index (χ3v) is 3.35. The van der Waals surface area contributed by atoms with Gasteiger partial charge in [-0.1, -0.05) is 18.2 Å². The zero-order chi connectivity index (χ0) is 17.6. The Labute approximate surface area is 142 Å². The molecule has 0 spiro atoms. The van der Waals surface area contributed by atoms with Crippen molar-refractivity contribution in [3.8, 4) is 0 Å². The number of carbonyl (C=O) groups excluding carboxylic acids is 1. The summed E-state index contributed by atoms with van der Waals surface area (Å²) in [7, 11) is 0. The largest absolute Gasteiger partial charge is 0.331 e. The molecule has 25 heavy (non-hydrogen) atoms. The van der Waals surface area contributed by atoms with Gasteiger partial charge in [0.1, 0.15) is 6.33 Å². The number of hydrogen-bond acceptors (Lipinski definition) is 5. The van der Waals surface area contributed by atoms with Gasteiger partial charge >= 0.3 is 6.03 Å². The Hall–Kier alpha value is -3.81. The average molecular weight is 335 g/mol. The Bertz CT molecular complexity index is 830. The van der Waals surface area contributed by atoms with E-state index in [1.165, 1.54) is 47.9 Å². The molecule has 0 aliphatic rings. The van der Waals surface area contributed by atoms with Crippen molar-refractivity contribution >= 4 is 28.8 Å². The Morgan fingerprint density at radius 2 is 1.60 bits per heavy atom. The van der Waals surface area contributed by atoms with E-state index in [4.69, 9.17) is 0 Å². The minimum absolute atomic E-state index is 0.0469. The highest BCUT2D eigenvalue weighted by molar-refractivity contribution is 6.06. The van der Waals surface area contributed by atoms with Crippen LogP contribution in [0, 0.1) is 10.1 Å². The maximum Gasteiger partial charge on any atom is 0.331 e. The average Bonchev–Trinajstić information content (AvgIpc) is 2.64. The number of nitro benzene ring substituents is 1. The molecular formula is C17H13N5O3. The molecule has 2 amide bonds. The zero-order valence-corrected chi connectivity index (χ0v) is 12.9. The Morgan fingerprint density at radius 3 is 2.20 bits per heavy atom. The van der Waals surface area contributed by atoms with Gasteiger partial charge in [0.15, 0.2) is 0 Å². The van der Waals surface area contributed by atoms with Gasteiger partial charge in [0.05, 0.1) is 28.7 Å². The van der Waals surface area contributed by atoms with Crippen LogP contribution in [-0.4, -0.2) is 20.9 Å². The van der Waals surface area contributed by atoms with Gasteiger partial charge in [-0.25, -0.2) is 14.8 Å². The SMILES string of the molecule is O=C(Nc1ccc([N+](=O)[O-])cc1)N(c1ccccc1)c1cncnc1. The second-order valence-electron chi connectivity index (χ2n) is 5.00. The zero-order valence-electron chi connectivity index (χ0n) is 12.9. The number of carbonyl (C=O) groups is 1. The molecule has 3 aromatic rings. The first-order valence-electron chi connectivity index (χ1n) is 7.31. The molecule has 0 aliphatic heterocycles. The third-order valence-electron chi connectivity index (χ3n) is 3.35. The molecule has 0 saturated heterocycles. The van der Waals surface area contributed by atoms with Gasteiger partial charge in [-0.2, -0.15) is 0 Å². The third kappa shape index (κ3) is 3.75. The van der Waals surface area contributed by atoms with Gasteiger partial charge in [0.2, 0.25) is 0 Å². The van der Waals surface area contributed by atoms with Crippen LogP contribution in [0.5, 0.6) is 0 Å². The summed E-state index contributed by atoms with van der Waals surface area (Å²) in [5.41, 5.74) is 1.52. The number of amides is 2. The predicted molar refractivity (Wildman–Crippen MR) is 92.7 cm³/mol. The molecule has 0 radical (unpaired) electrons. The van der Waals surface area contributed by atoms with Gasteiger partial charge in [0, 0.05) is 17.8 Å². The van der Waals surface area contributed by atoms with Crippen LogP contribution in [-0.2, 0) is 0 Å². The number of hydrogen-bond donors (Lipinski definition) is 1. The molecule has 0 unspecified atom stereocenters. The first-order valence-corrected chi connectivity index (χ1v) is 7.31. The Kier molecular flexibility index (Phi) is 4.61. The Morgan fingerprint density at radius 1 is 0.960 bits per heavy atom. The molecule has 0 atom stereocenters. The fourth-order valence-electron chi connectivity index (χ4n) is 2.21. The minimum Gasteiger partial charge on any atom is -0.307 e. The quantitative estimate of drug-likeness (QED) is 0.578. The number of nitrogens with zero attached hydrogens (tertiary/aromatic N) is 4. The van der Waals surface area contributed by atoms with Gasteiger partial charge < -0.3 is 5.32 Å². The van der Waals surface area contributed by atoms with E-state index in [-0.39, 0.29) is 5.69 Å². The number of benzene rings is 2. The van der Waals surface area contributed by atoms with Gasteiger partial charge in [-0.15, -0.1) is 0 Å². The number of nitrogens with one attached hydrogen (secondary N) is 1. The first-order chi connectivity index (χ1) is 12.1. The summed E-state index contributed by atoms with van der Waals surface area (Å²) < 4.78 is 0. The summed E-state index contributed by atoms with van der Waals surface area (Å²) in [6.45, 7) is 0. The topological polar surface area (TPSA) is 101 Å². The lowest BCUT2D eigenvalue weighted by Crippen LogP contribution is -2.31. The fraction of sp³-hybridized carbons (Fsp3) is 0. The number of anilines is 3. The lowest BCUT2D eigenvalue weighted by atomic mass is 10.2. The fourth-order valence-corrected chi connectivity index (χ4v) is 2.21. The molecule has 2 aromatic carbocycles. The summed E-state index contributed by atoms with van der Waals surface area (Å²) in [5, 5.41) is 13.4. The summed E-state index contributed by atoms with van der Waals surface area (Å²) in [6.07, 6.45) is 4.42. The molecule has 124 valence electrons. The molecule has 0 saturated carbocycles. The van der Waals surface area contributed by atoms with E-state index in [1.807, 2.05) is 18.2 Å². The van der Waals surface area contributed by atoms with E-state index < -0.39 is 11.0 Å². The van der Waals surface area contributed by atoms with Crippen molar-refractivity contribution in [3.63, 3.8) is 0 Å². The highest BCUT2D eigenvalue weighted by Crippen LogP contribution is 2.25. The normalized spacial score (nSPS) is 10.1. The van der Waals surface area contributed by atoms with Crippen LogP contribution >= 0.6 is 0 Å². The van der Waals surface area contributed by atoms with Crippen molar-refractivity contribution in [2.75, 3.05) is 10.2 Å². The Balaban J connectivity index is 1.88. The minimum atomic E-state index is -0.497. The number of para-hydroxylation sites is 1. The highest BCUT2D eigenvalue weighted by atomic mass is 16.6. The lowest BCUT2D eigenvalue weighted by molar-refractivity contribution is -0.384. The van der Waals surface area contributed by atoms with Crippen molar-refractivity contribution in [3.05, 3.63) is 83.4 Å².